The number of likely N-dealkylation sites (tertiary alicyclic amines) is 1. The van der Waals surface area contributed by atoms with Gasteiger partial charge >= 0.3 is 6.18 Å². The standard InChI is InChI=1S/C16H29F3N2/c1-3-14(2)7-9-21(10-8-14)15(12-20)6-4-5-13(11-15)16(17,18)19/h13H,3-12,20H2,1-2H3. The highest BCUT2D eigenvalue weighted by atomic mass is 19.4. The van der Waals surface area contributed by atoms with Gasteiger partial charge in [0.2, 0.25) is 0 Å². The molecule has 1 aliphatic carbocycles. The van der Waals surface area contributed by atoms with Gasteiger partial charge in [0, 0.05) is 12.1 Å². The fourth-order valence-electron chi connectivity index (χ4n) is 4.10. The van der Waals surface area contributed by atoms with Crippen LogP contribution in [0.2, 0.25) is 0 Å². The largest absolute Gasteiger partial charge is 0.391 e. The molecule has 2 N–H and O–H groups in total. The van der Waals surface area contributed by atoms with Gasteiger partial charge in [-0.3, -0.25) is 4.90 Å². The Kier molecular flexibility index (Phi) is 4.94. The lowest BCUT2D eigenvalue weighted by molar-refractivity contribution is -0.195. The van der Waals surface area contributed by atoms with E-state index in [1.54, 1.807) is 0 Å². The van der Waals surface area contributed by atoms with E-state index in [2.05, 4.69) is 18.7 Å². The Hall–Kier alpha value is -0.290. The van der Waals surface area contributed by atoms with Crippen LogP contribution >= 0.6 is 0 Å². The van der Waals surface area contributed by atoms with Crippen molar-refractivity contribution in [3.8, 4) is 0 Å². The van der Waals surface area contributed by atoms with Crippen molar-refractivity contribution >= 4 is 0 Å². The SMILES string of the molecule is CCC1(C)CCN(C2(CN)CCCC(C(F)(F)F)C2)CC1. The maximum Gasteiger partial charge on any atom is 0.391 e. The van der Waals surface area contributed by atoms with E-state index >= 15 is 0 Å². The summed E-state index contributed by atoms with van der Waals surface area (Å²) < 4.78 is 39.3. The molecule has 1 saturated carbocycles. The maximum atomic E-state index is 13.1. The highest BCUT2D eigenvalue weighted by molar-refractivity contribution is 5.00. The minimum Gasteiger partial charge on any atom is -0.329 e. The number of piperidine rings is 1. The van der Waals surface area contributed by atoms with Gasteiger partial charge in [0.25, 0.3) is 0 Å². The second-order valence-corrected chi connectivity index (χ2v) is 7.41. The quantitative estimate of drug-likeness (QED) is 0.855. The third kappa shape index (κ3) is 3.55. The molecule has 0 amide bonds. The molecule has 1 heterocycles. The van der Waals surface area contributed by atoms with Crippen LogP contribution in [0.5, 0.6) is 0 Å². The summed E-state index contributed by atoms with van der Waals surface area (Å²) in [7, 11) is 0. The smallest absolute Gasteiger partial charge is 0.329 e. The van der Waals surface area contributed by atoms with Crippen LogP contribution in [0.15, 0.2) is 0 Å². The normalized spacial score (nSPS) is 34.9. The zero-order chi connectivity index (χ0) is 15.7. The Morgan fingerprint density at radius 3 is 2.29 bits per heavy atom. The van der Waals surface area contributed by atoms with Crippen molar-refractivity contribution < 1.29 is 13.2 Å². The molecular weight excluding hydrogens is 277 g/mol. The highest BCUT2D eigenvalue weighted by Gasteiger charge is 2.50. The molecule has 0 spiro atoms. The van der Waals surface area contributed by atoms with E-state index in [1.807, 2.05) is 0 Å². The van der Waals surface area contributed by atoms with Gasteiger partial charge in [-0.15, -0.1) is 0 Å². The summed E-state index contributed by atoms with van der Waals surface area (Å²) in [6.45, 7) is 6.63. The fourth-order valence-corrected chi connectivity index (χ4v) is 4.10. The van der Waals surface area contributed by atoms with E-state index in [9.17, 15) is 13.2 Å². The highest BCUT2D eigenvalue weighted by Crippen LogP contribution is 2.46. The molecule has 0 aromatic rings. The topological polar surface area (TPSA) is 29.3 Å². The number of nitrogens with zero attached hydrogens (tertiary/aromatic N) is 1. The third-order valence-corrected chi connectivity index (χ3v) is 6.16. The van der Waals surface area contributed by atoms with Crippen molar-refractivity contribution in [1.82, 2.24) is 4.90 Å². The van der Waals surface area contributed by atoms with Crippen LogP contribution < -0.4 is 5.73 Å². The molecule has 21 heavy (non-hydrogen) atoms. The number of alkyl halides is 3. The Balaban J connectivity index is 2.08. The van der Waals surface area contributed by atoms with Crippen molar-refractivity contribution in [1.29, 1.82) is 0 Å². The van der Waals surface area contributed by atoms with Crippen molar-refractivity contribution in [2.45, 2.75) is 70.5 Å². The van der Waals surface area contributed by atoms with Crippen LogP contribution in [0.1, 0.15) is 58.8 Å². The Bertz CT molecular complexity index is 348. The van der Waals surface area contributed by atoms with Gasteiger partial charge in [-0.1, -0.05) is 26.7 Å². The molecule has 1 saturated heterocycles. The summed E-state index contributed by atoms with van der Waals surface area (Å²) in [5.74, 6) is -1.17. The number of hydrogen-bond donors (Lipinski definition) is 1. The van der Waals surface area contributed by atoms with Crippen LogP contribution in [0.3, 0.4) is 0 Å². The van der Waals surface area contributed by atoms with Gasteiger partial charge in [0.15, 0.2) is 0 Å². The summed E-state index contributed by atoms with van der Waals surface area (Å²) in [5, 5.41) is 0. The zero-order valence-corrected chi connectivity index (χ0v) is 13.3. The van der Waals surface area contributed by atoms with E-state index < -0.39 is 17.6 Å². The van der Waals surface area contributed by atoms with Gasteiger partial charge in [-0.2, -0.15) is 13.2 Å². The molecule has 2 rings (SSSR count). The summed E-state index contributed by atoms with van der Waals surface area (Å²) >= 11 is 0. The van der Waals surface area contributed by atoms with Gasteiger partial charge in [-0.25, -0.2) is 0 Å². The predicted octanol–water partition coefficient (Wildman–Crippen LogP) is 3.95. The van der Waals surface area contributed by atoms with Gasteiger partial charge in [0.05, 0.1) is 5.92 Å². The summed E-state index contributed by atoms with van der Waals surface area (Å²) in [6.07, 6.45) is 1.13. The first kappa shape index (κ1) is 17.1. The Morgan fingerprint density at radius 2 is 1.81 bits per heavy atom. The van der Waals surface area contributed by atoms with Crippen LogP contribution in [0.4, 0.5) is 13.2 Å². The summed E-state index contributed by atoms with van der Waals surface area (Å²) in [6, 6.07) is 0. The molecule has 0 radical (unpaired) electrons. The lowest BCUT2D eigenvalue weighted by Gasteiger charge is -2.52. The second-order valence-electron chi connectivity index (χ2n) is 7.41. The summed E-state index contributed by atoms with van der Waals surface area (Å²) in [4.78, 5) is 2.28. The number of rotatable bonds is 3. The minimum atomic E-state index is -4.07. The lowest BCUT2D eigenvalue weighted by Crippen LogP contribution is -2.60. The first-order valence-electron chi connectivity index (χ1n) is 8.26. The monoisotopic (exact) mass is 306 g/mol. The van der Waals surface area contributed by atoms with Gasteiger partial charge in [-0.05, 0) is 50.6 Å². The van der Waals surface area contributed by atoms with E-state index in [4.69, 9.17) is 5.73 Å². The van der Waals surface area contributed by atoms with Crippen LogP contribution in [0, 0.1) is 11.3 Å². The molecule has 0 aromatic heterocycles. The van der Waals surface area contributed by atoms with Gasteiger partial charge in [0.1, 0.15) is 0 Å². The zero-order valence-electron chi connectivity index (χ0n) is 13.3. The van der Waals surface area contributed by atoms with Crippen molar-refractivity contribution in [2.75, 3.05) is 19.6 Å². The number of halogens is 3. The number of hydrogen-bond acceptors (Lipinski definition) is 2. The predicted molar refractivity (Wildman–Crippen MR) is 79.0 cm³/mol. The third-order valence-electron chi connectivity index (χ3n) is 6.16. The van der Waals surface area contributed by atoms with Crippen LogP contribution in [0.25, 0.3) is 0 Å². The molecular formula is C16H29F3N2. The van der Waals surface area contributed by atoms with Crippen molar-refractivity contribution in [2.24, 2.45) is 17.1 Å². The molecule has 2 unspecified atom stereocenters. The van der Waals surface area contributed by atoms with Crippen molar-refractivity contribution in [3.05, 3.63) is 0 Å². The Labute approximate surface area is 126 Å². The lowest BCUT2D eigenvalue weighted by atomic mass is 9.71. The molecule has 0 bridgehead atoms. The molecule has 5 heteroatoms. The van der Waals surface area contributed by atoms with Crippen molar-refractivity contribution in [3.63, 3.8) is 0 Å². The molecule has 2 fully saturated rings. The summed E-state index contributed by atoms with van der Waals surface area (Å²) in [5.41, 5.74) is 5.89. The fraction of sp³-hybridized carbons (Fsp3) is 1.00. The van der Waals surface area contributed by atoms with E-state index in [-0.39, 0.29) is 12.8 Å². The van der Waals surface area contributed by atoms with E-state index in [0.717, 1.165) is 38.8 Å². The molecule has 2 atom stereocenters. The minimum absolute atomic E-state index is 0.190. The second kappa shape index (κ2) is 6.07. The van der Waals surface area contributed by atoms with Crippen LogP contribution in [-0.2, 0) is 0 Å². The Morgan fingerprint density at radius 1 is 1.19 bits per heavy atom. The average molecular weight is 306 g/mol. The molecule has 2 nitrogen and oxygen atoms in total. The average Bonchev–Trinajstić information content (AvgIpc) is 2.47. The maximum absolute atomic E-state index is 13.1. The van der Waals surface area contributed by atoms with Gasteiger partial charge < -0.3 is 5.73 Å². The first-order valence-corrected chi connectivity index (χ1v) is 8.26. The molecule has 1 aliphatic heterocycles. The molecule has 0 aromatic carbocycles. The van der Waals surface area contributed by atoms with E-state index in [1.165, 1.54) is 0 Å². The molecule has 124 valence electrons. The number of nitrogens with two attached hydrogens (primary N) is 1. The van der Waals surface area contributed by atoms with Crippen LogP contribution in [-0.4, -0.2) is 36.2 Å². The molecule has 2 aliphatic rings. The van der Waals surface area contributed by atoms with E-state index in [0.29, 0.717) is 18.4 Å². The first-order chi connectivity index (χ1) is 9.75.